The van der Waals surface area contributed by atoms with E-state index in [0.29, 0.717) is 17.6 Å². The SMILES string of the molecule is C[C@@H](CNC(=O)Cn1nnn(-c2cccs2)c1=O)N1CCCC1. The Labute approximate surface area is 137 Å². The Hall–Kier alpha value is -2.00. The third-order valence-corrected chi connectivity index (χ3v) is 4.85. The van der Waals surface area contributed by atoms with Crippen LogP contribution in [0.2, 0.25) is 0 Å². The second-order valence-corrected chi connectivity index (χ2v) is 6.60. The molecule has 1 aliphatic rings. The summed E-state index contributed by atoms with van der Waals surface area (Å²) in [6.07, 6.45) is 2.44. The van der Waals surface area contributed by atoms with E-state index < -0.39 is 5.69 Å². The highest BCUT2D eigenvalue weighted by Gasteiger charge is 2.19. The van der Waals surface area contributed by atoms with E-state index in [1.165, 1.54) is 28.9 Å². The number of carbonyl (C=O) groups is 1. The van der Waals surface area contributed by atoms with Crippen LogP contribution in [0.15, 0.2) is 22.3 Å². The van der Waals surface area contributed by atoms with Crippen molar-refractivity contribution in [1.82, 2.24) is 30.0 Å². The highest BCUT2D eigenvalue weighted by molar-refractivity contribution is 7.12. The Morgan fingerprint density at radius 1 is 1.39 bits per heavy atom. The van der Waals surface area contributed by atoms with Gasteiger partial charge in [0.2, 0.25) is 5.91 Å². The maximum Gasteiger partial charge on any atom is 0.369 e. The second kappa shape index (κ2) is 7.05. The number of thiophene rings is 1. The molecule has 1 fully saturated rings. The van der Waals surface area contributed by atoms with Crippen molar-refractivity contribution in [3.05, 3.63) is 28.0 Å². The van der Waals surface area contributed by atoms with Gasteiger partial charge in [-0.3, -0.25) is 9.69 Å². The number of tetrazole rings is 1. The van der Waals surface area contributed by atoms with E-state index in [-0.39, 0.29) is 12.5 Å². The molecule has 23 heavy (non-hydrogen) atoms. The average Bonchev–Trinajstić information content (AvgIpc) is 3.27. The van der Waals surface area contributed by atoms with Crippen molar-refractivity contribution in [2.45, 2.75) is 32.4 Å². The lowest BCUT2D eigenvalue weighted by atomic mass is 10.3. The fourth-order valence-electron chi connectivity index (χ4n) is 2.67. The molecule has 0 saturated carbocycles. The molecule has 1 N–H and O–H groups in total. The number of likely N-dealkylation sites (tertiary alicyclic amines) is 1. The van der Waals surface area contributed by atoms with Crippen molar-refractivity contribution >= 4 is 17.2 Å². The van der Waals surface area contributed by atoms with Gasteiger partial charge >= 0.3 is 5.69 Å². The first-order valence-corrected chi connectivity index (χ1v) is 8.60. The molecule has 1 aliphatic heterocycles. The molecule has 0 aromatic carbocycles. The predicted octanol–water partition coefficient (Wildman–Crippen LogP) is 0.0910. The van der Waals surface area contributed by atoms with Crippen LogP contribution in [-0.2, 0) is 11.3 Å². The molecular formula is C14H20N6O2S. The number of aromatic nitrogens is 4. The maximum atomic E-state index is 12.2. The Kier molecular flexibility index (Phi) is 4.87. The molecule has 3 heterocycles. The molecule has 0 spiro atoms. The molecule has 2 aromatic rings. The Balaban J connectivity index is 1.55. The van der Waals surface area contributed by atoms with Crippen LogP contribution in [0.25, 0.3) is 5.00 Å². The first kappa shape index (κ1) is 15.9. The van der Waals surface area contributed by atoms with Crippen molar-refractivity contribution in [3.63, 3.8) is 0 Å². The smallest absolute Gasteiger partial charge is 0.353 e. The van der Waals surface area contributed by atoms with Gasteiger partial charge in [-0.25, -0.2) is 4.79 Å². The maximum absolute atomic E-state index is 12.2. The number of hydrogen-bond donors (Lipinski definition) is 1. The third-order valence-electron chi connectivity index (χ3n) is 4.01. The number of carbonyl (C=O) groups excluding carboxylic acids is 1. The number of nitrogens with zero attached hydrogens (tertiary/aromatic N) is 5. The summed E-state index contributed by atoms with van der Waals surface area (Å²) in [6, 6.07) is 3.92. The number of rotatable bonds is 6. The van der Waals surface area contributed by atoms with Gasteiger partial charge in [-0.05, 0) is 60.8 Å². The standard InChI is InChI=1S/C14H20N6O2S/c1-11(18-6-2-3-7-18)9-15-12(21)10-19-14(22)20(17-16-19)13-5-4-8-23-13/h4-5,8,11H,2-3,6-7,9-10H2,1H3,(H,15,21)/t11-/m0/s1. The number of amides is 1. The summed E-state index contributed by atoms with van der Waals surface area (Å²) >= 11 is 1.39. The van der Waals surface area contributed by atoms with Crippen molar-refractivity contribution in [2.75, 3.05) is 19.6 Å². The predicted molar refractivity (Wildman–Crippen MR) is 86.8 cm³/mol. The molecule has 0 aliphatic carbocycles. The zero-order valence-electron chi connectivity index (χ0n) is 13.0. The number of nitrogens with one attached hydrogen (secondary N) is 1. The fourth-order valence-corrected chi connectivity index (χ4v) is 3.34. The van der Waals surface area contributed by atoms with Gasteiger partial charge in [0, 0.05) is 12.6 Å². The van der Waals surface area contributed by atoms with Crippen molar-refractivity contribution in [3.8, 4) is 5.00 Å². The summed E-state index contributed by atoms with van der Waals surface area (Å²) in [6.45, 7) is 4.74. The van der Waals surface area contributed by atoms with Gasteiger partial charge < -0.3 is 5.32 Å². The summed E-state index contributed by atoms with van der Waals surface area (Å²) in [4.78, 5) is 26.5. The lowest BCUT2D eigenvalue weighted by molar-refractivity contribution is -0.122. The summed E-state index contributed by atoms with van der Waals surface area (Å²) in [5.41, 5.74) is -0.407. The van der Waals surface area contributed by atoms with Crippen LogP contribution in [0.4, 0.5) is 0 Å². The Morgan fingerprint density at radius 2 is 2.17 bits per heavy atom. The van der Waals surface area contributed by atoms with Gasteiger partial charge in [-0.15, -0.1) is 11.3 Å². The van der Waals surface area contributed by atoms with Gasteiger partial charge in [0.1, 0.15) is 11.5 Å². The third kappa shape index (κ3) is 3.67. The Morgan fingerprint density at radius 3 is 2.87 bits per heavy atom. The lowest BCUT2D eigenvalue weighted by Crippen LogP contribution is -2.42. The van der Waals surface area contributed by atoms with Crippen LogP contribution in [-0.4, -0.2) is 56.3 Å². The number of hydrogen-bond acceptors (Lipinski definition) is 6. The van der Waals surface area contributed by atoms with Crippen LogP contribution < -0.4 is 11.0 Å². The van der Waals surface area contributed by atoms with Crippen LogP contribution in [0, 0.1) is 0 Å². The van der Waals surface area contributed by atoms with E-state index in [2.05, 4.69) is 27.6 Å². The second-order valence-electron chi connectivity index (χ2n) is 5.68. The average molecular weight is 336 g/mol. The summed E-state index contributed by atoms with van der Waals surface area (Å²) in [5, 5.41) is 13.0. The van der Waals surface area contributed by atoms with Gasteiger partial charge in [-0.2, -0.15) is 9.36 Å². The zero-order chi connectivity index (χ0) is 16.2. The van der Waals surface area contributed by atoms with Crippen molar-refractivity contribution in [1.29, 1.82) is 0 Å². The Bertz CT molecular complexity index is 701. The van der Waals surface area contributed by atoms with Gasteiger partial charge in [-0.1, -0.05) is 0 Å². The molecule has 2 aromatic heterocycles. The highest BCUT2D eigenvalue weighted by Crippen LogP contribution is 2.11. The summed E-state index contributed by atoms with van der Waals surface area (Å²) < 4.78 is 2.28. The highest BCUT2D eigenvalue weighted by atomic mass is 32.1. The van der Waals surface area contributed by atoms with Crippen LogP contribution in [0.5, 0.6) is 0 Å². The molecule has 1 saturated heterocycles. The molecule has 0 unspecified atom stereocenters. The molecule has 3 rings (SSSR count). The molecule has 9 heteroatoms. The summed E-state index contributed by atoms with van der Waals surface area (Å²) in [5.74, 6) is -0.226. The van der Waals surface area contributed by atoms with E-state index in [1.54, 1.807) is 6.07 Å². The molecule has 8 nitrogen and oxygen atoms in total. The minimum atomic E-state index is -0.407. The quantitative estimate of drug-likeness (QED) is 0.808. The summed E-state index contributed by atoms with van der Waals surface area (Å²) in [7, 11) is 0. The lowest BCUT2D eigenvalue weighted by Gasteiger charge is -2.23. The first-order chi connectivity index (χ1) is 11.1. The minimum Gasteiger partial charge on any atom is -0.353 e. The molecule has 1 amide bonds. The van der Waals surface area contributed by atoms with Crippen LogP contribution in [0.1, 0.15) is 19.8 Å². The van der Waals surface area contributed by atoms with E-state index >= 15 is 0 Å². The monoisotopic (exact) mass is 336 g/mol. The van der Waals surface area contributed by atoms with Crippen molar-refractivity contribution in [2.24, 2.45) is 0 Å². The van der Waals surface area contributed by atoms with Gasteiger partial charge in [0.05, 0.1) is 0 Å². The van der Waals surface area contributed by atoms with Gasteiger partial charge in [0.25, 0.3) is 0 Å². The minimum absolute atomic E-state index is 0.114. The molecule has 0 bridgehead atoms. The van der Waals surface area contributed by atoms with E-state index in [9.17, 15) is 9.59 Å². The molecule has 1 atom stereocenters. The zero-order valence-corrected chi connectivity index (χ0v) is 13.8. The molecular weight excluding hydrogens is 316 g/mol. The van der Waals surface area contributed by atoms with E-state index in [0.717, 1.165) is 17.8 Å². The van der Waals surface area contributed by atoms with Crippen LogP contribution in [0.3, 0.4) is 0 Å². The largest absolute Gasteiger partial charge is 0.369 e. The van der Waals surface area contributed by atoms with Crippen LogP contribution >= 0.6 is 11.3 Å². The normalized spacial score (nSPS) is 16.6. The van der Waals surface area contributed by atoms with Gasteiger partial charge in [0.15, 0.2) is 0 Å². The van der Waals surface area contributed by atoms with Crippen molar-refractivity contribution < 1.29 is 4.79 Å². The molecule has 0 radical (unpaired) electrons. The first-order valence-electron chi connectivity index (χ1n) is 7.72. The van der Waals surface area contributed by atoms with E-state index in [1.807, 2.05) is 11.4 Å². The fraction of sp³-hybridized carbons (Fsp3) is 0.571. The van der Waals surface area contributed by atoms with E-state index in [4.69, 9.17) is 0 Å². The topological polar surface area (TPSA) is 85.0 Å². The molecule has 124 valence electrons.